The fraction of sp³-hybridized carbons (Fsp3) is 0.500. The van der Waals surface area contributed by atoms with Crippen molar-refractivity contribution in [3.63, 3.8) is 0 Å². The highest BCUT2D eigenvalue weighted by atomic mass is 32.2. The van der Waals surface area contributed by atoms with Crippen molar-refractivity contribution in [2.45, 2.75) is 36.6 Å². The van der Waals surface area contributed by atoms with Crippen LogP contribution in [-0.2, 0) is 17.1 Å². The zero-order chi connectivity index (χ0) is 18.1. The molecule has 0 radical (unpaired) electrons. The Bertz CT molecular complexity index is 894. The predicted molar refractivity (Wildman–Crippen MR) is 95.7 cm³/mol. The van der Waals surface area contributed by atoms with Crippen LogP contribution in [0.3, 0.4) is 0 Å². The smallest absolute Gasteiger partial charge is 0.243 e. The van der Waals surface area contributed by atoms with Gasteiger partial charge in [-0.2, -0.15) is 9.40 Å². The monoisotopic (exact) mass is 377 g/mol. The fourth-order valence-electron chi connectivity index (χ4n) is 3.60. The van der Waals surface area contributed by atoms with E-state index < -0.39 is 10.0 Å². The van der Waals surface area contributed by atoms with Gasteiger partial charge in [0, 0.05) is 25.9 Å². The zero-order valence-electron chi connectivity index (χ0n) is 14.8. The lowest BCUT2D eigenvalue weighted by molar-refractivity contribution is 0.171. The summed E-state index contributed by atoms with van der Waals surface area (Å²) >= 11 is 0. The average Bonchev–Trinajstić information content (AvgIpc) is 2.92. The summed E-state index contributed by atoms with van der Waals surface area (Å²) in [6.07, 6.45) is 5.51. The maximum atomic E-state index is 13.4. The maximum Gasteiger partial charge on any atom is 0.243 e. The quantitative estimate of drug-likeness (QED) is 0.822. The normalized spacial score (nSPS) is 21.3. The molecular formula is C18H23N3O4S. The second-order valence-electron chi connectivity index (χ2n) is 6.70. The molecule has 0 saturated carbocycles. The molecule has 2 aromatic rings. The summed E-state index contributed by atoms with van der Waals surface area (Å²) in [5.41, 5.74) is 0.801. The Morgan fingerprint density at radius 2 is 1.88 bits per heavy atom. The van der Waals surface area contributed by atoms with Gasteiger partial charge in [0.05, 0.1) is 16.6 Å². The summed E-state index contributed by atoms with van der Waals surface area (Å²) in [7, 11) is -1.81. The van der Waals surface area contributed by atoms with Crippen molar-refractivity contribution < 1.29 is 17.9 Å². The first kappa shape index (κ1) is 17.4. The third-order valence-electron chi connectivity index (χ3n) is 4.90. The van der Waals surface area contributed by atoms with Crippen LogP contribution in [0.2, 0.25) is 0 Å². The Kier molecular flexibility index (Phi) is 4.62. The molecule has 7 nitrogen and oxygen atoms in total. The SMILES string of the molecule is Cn1ccc([C@@H]2CCCCCN2S(=O)(=O)c2ccc3c(c2)OCCO3)n1. The molecule has 2 aliphatic heterocycles. The molecule has 1 fully saturated rings. The summed E-state index contributed by atoms with van der Waals surface area (Å²) in [4.78, 5) is 0.240. The number of benzene rings is 1. The number of sulfonamides is 1. The molecule has 1 atom stereocenters. The predicted octanol–water partition coefficient (Wildman–Crippen LogP) is 2.50. The first-order chi connectivity index (χ1) is 12.6. The molecular weight excluding hydrogens is 354 g/mol. The molecule has 26 heavy (non-hydrogen) atoms. The first-order valence-electron chi connectivity index (χ1n) is 8.97. The number of hydrogen-bond acceptors (Lipinski definition) is 5. The summed E-state index contributed by atoms with van der Waals surface area (Å²) in [5, 5.41) is 4.47. The van der Waals surface area contributed by atoms with Gasteiger partial charge in [-0.25, -0.2) is 8.42 Å². The van der Waals surface area contributed by atoms with Crippen molar-refractivity contribution >= 4 is 10.0 Å². The van der Waals surface area contributed by atoms with E-state index in [1.54, 1.807) is 27.2 Å². The summed E-state index contributed by atoms with van der Waals surface area (Å²) in [6, 6.07) is 6.52. The van der Waals surface area contributed by atoms with Gasteiger partial charge in [0.1, 0.15) is 13.2 Å². The second kappa shape index (κ2) is 6.92. The minimum Gasteiger partial charge on any atom is -0.486 e. The fourth-order valence-corrected chi connectivity index (χ4v) is 5.28. The van der Waals surface area contributed by atoms with Gasteiger partial charge in [-0.1, -0.05) is 12.8 Å². The van der Waals surface area contributed by atoms with Gasteiger partial charge >= 0.3 is 0 Å². The van der Waals surface area contributed by atoms with Crippen molar-refractivity contribution in [1.29, 1.82) is 0 Å². The van der Waals surface area contributed by atoms with Gasteiger partial charge in [0.15, 0.2) is 11.5 Å². The number of nitrogens with zero attached hydrogens (tertiary/aromatic N) is 3. The topological polar surface area (TPSA) is 73.7 Å². The Hall–Kier alpha value is -2.06. The van der Waals surface area contributed by atoms with Crippen LogP contribution in [0.25, 0.3) is 0 Å². The van der Waals surface area contributed by atoms with Crippen molar-refractivity contribution in [2.24, 2.45) is 7.05 Å². The van der Waals surface area contributed by atoms with Gasteiger partial charge < -0.3 is 9.47 Å². The Balaban J connectivity index is 1.72. The Morgan fingerprint density at radius 1 is 1.08 bits per heavy atom. The van der Waals surface area contributed by atoms with E-state index in [1.807, 2.05) is 19.3 Å². The number of aromatic nitrogens is 2. The van der Waals surface area contributed by atoms with Crippen LogP contribution in [0.4, 0.5) is 0 Å². The third kappa shape index (κ3) is 3.19. The van der Waals surface area contributed by atoms with E-state index in [4.69, 9.17) is 9.47 Å². The Morgan fingerprint density at radius 3 is 2.65 bits per heavy atom. The average molecular weight is 377 g/mol. The molecule has 4 rings (SSSR count). The highest BCUT2D eigenvalue weighted by Crippen LogP contribution is 2.37. The van der Waals surface area contributed by atoms with Gasteiger partial charge in [0.2, 0.25) is 10.0 Å². The molecule has 0 unspecified atom stereocenters. The van der Waals surface area contributed by atoms with E-state index in [-0.39, 0.29) is 10.9 Å². The molecule has 0 bridgehead atoms. The minimum absolute atomic E-state index is 0.239. The maximum absolute atomic E-state index is 13.4. The Labute approximate surface area is 153 Å². The number of rotatable bonds is 3. The molecule has 2 aliphatic rings. The van der Waals surface area contributed by atoms with Crippen LogP contribution in [0.15, 0.2) is 35.4 Å². The van der Waals surface area contributed by atoms with E-state index in [2.05, 4.69) is 5.10 Å². The van der Waals surface area contributed by atoms with E-state index >= 15 is 0 Å². The lowest BCUT2D eigenvalue weighted by atomic mass is 10.1. The molecule has 8 heteroatoms. The summed E-state index contributed by atoms with van der Waals surface area (Å²) in [5.74, 6) is 1.08. The molecule has 0 aliphatic carbocycles. The van der Waals surface area contributed by atoms with E-state index in [9.17, 15) is 8.42 Å². The molecule has 1 aromatic carbocycles. The molecule has 1 aromatic heterocycles. The molecule has 0 N–H and O–H groups in total. The van der Waals surface area contributed by atoms with Gasteiger partial charge in [-0.05, 0) is 31.0 Å². The standard InChI is InChI=1S/C18H23N3O4S/c1-20-10-8-15(19-20)16-5-3-2-4-9-21(16)26(22,23)14-6-7-17-18(13-14)25-12-11-24-17/h6-8,10,13,16H,2-5,9,11-12H2,1H3/t16-/m0/s1. The van der Waals surface area contributed by atoms with Crippen LogP contribution in [0.5, 0.6) is 11.5 Å². The van der Waals surface area contributed by atoms with Crippen LogP contribution in [-0.4, -0.2) is 42.3 Å². The largest absolute Gasteiger partial charge is 0.486 e. The highest BCUT2D eigenvalue weighted by molar-refractivity contribution is 7.89. The van der Waals surface area contributed by atoms with Crippen molar-refractivity contribution in [1.82, 2.24) is 14.1 Å². The van der Waals surface area contributed by atoms with Crippen molar-refractivity contribution in [2.75, 3.05) is 19.8 Å². The minimum atomic E-state index is -3.66. The third-order valence-corrected chi connectivity index (χ3v) is 6.80. The van der Waals surface area contributed by atoms with Crippen LogP contribution in [0, 0.1) is 0 Å². The van der Waals surface area contributed by atoms with Gasteiger partial charge in [-0.3, -0.25) is 4.68 Å². The highest BCUT2D eigenvalue weighted by Gasteiger charge is 2.35. The number of ether oxygens (including phenoxy) is 2. The number of hydrogen-bond donors (Lipinski definition) is 0. The molecule has 0 spiro atoms. The van der Waals surface area contributed by atoms with Crippen molar-refractivity contribution in [3.8, 4) is 11.5 Å². The van der Waals surface area contributed by atoms with Crippen molar-refractivity contribution in [3.05, 3.63) is 36.2 Å². The summed E-state index contributed by atoms with van der Waals surface area (Å²) < 4.78 is 41.2. The van der Waals surface area contributed by atoms with Crippen LogP contribution >= 0.6 is 0 Å². The first-order valence-corrected chi connectivity index (χ1v) is 10.4. The molecule has 3 heterocycles. The van der Waals surface area contributed by atoms with E-state index in [1.165, 1.54) is 0 Å². The van der Waals surface area contributed by atoms with Crippen LogP contribution in [0.1, 0.15) is 37.4 Å². The zero-order valence-corrected chi connectivity index (χ0v) is 15.6. The number of aryl methyl sites for hydroxylation is 1. The van der Waals surface area contributed by atoms with E-state index in [0.717, 1.165) is 31.4 Å². The molecule has 0 amide bonds. The molecule has 1 saturated heterocycles. The van der Waals surface area contributed by atoms with Crippen LogP contribution < -0.4 is 9.47 Å². The van der Waals surface area contributed by atoms with E-state index in [0.29, 0.717) is 31.3 Å². The number of fused-ring (bicyclic) bond motifs is 1. The van der Waals surface area contributed by atoms with Gasteiger partial charge in [0.25, 0.3) is 0 Å². The lowest BCUT2D eigenvalue weighted by Crippen LogP contribution is -2.35. The second-order valence-corrected chi connectivity index (χ2v) is 8.59. The van der Waals surface area contributed by atoms with Gasteiger partial charge in [-0.15, -0.1) is 0 Å². The molecule has 140 valence electrons. The summed E-state index contributed by atoms with van der Waals surface area (Å²) in [6.45, 7) is 1.40. The lowest BCUT2D eigenvalue weighted by Gasteiger charge is -2.28.